The summed E-state index contributed by atoms with van der Waals surface area (Å²) < 4.78 is 26.6. The second-order valence-electron chi connectivity index (χ2n) is 6.96. The Labute approximate surface area is 191 Å². The van der Waals surface area contributed by atoms with Gasteiger partial charge in [-0.3, -0.25) is 9.69 Å². The van der Waals surface area contributed by atoms with Crippen LogP contribution in [0.25, 0.3) is 10.2 Å². The zero-order valence-corrected chi connectivity index (χ0v) is 19.0. The van der Waals surface area contributed by atoms with Gasteiger partial charge in [0, 0.05) is 13.1 Å². The van der Waals surface area contributed by atoms with Gasteiger partial charge in [0.15, 0.2) is 16.6 Å². The zero-order valence-electron chi connectivity index (χ0n) is 17.4. The Kier molecular flexibility index (Phi) is 7.69. The van der Waals surface area contributed by atoms with Crippen molar-refractivity contribution in [1.82, 2.24) is 9.88 Å². The predicted molar refractivity (Wildman–Crippen MR) is 123 cm³/mol. The molecule has 1 aromatic heterocycles. The van der Waals surface area contributed by atoms with E-state index >= 15 is 0 Å². The molecule has 0 saturated heterocycles. The first-order valence-electron chi connectivity index (χ1n) is 10.1. The van der Waals surface area contributed by atoms with Crippen molar-refractivity contribution in [2.24, 2.45) is 0 Å². The fraction of sp³-hybridized carbons (Fsp3) is 0.364. The number of para-hydroxylation sites is 3. The molecule has 2 heterocycles. The van der Waals surface area contributed by atoms with Crippen LogP contribution in [0.4, 0.5) is 9.52 Å². The van der Waals surface area contributed by atoms with E-state index in [0.717, 1.165) is 13.1 Å². The highest BCUT2D eigenvalue weighted by atomic mass is 35.5. The van der Waals surface area contributed by atoms with Gasteiger partial charge >= 0.3 is 0 Å². The van der Waals surface area contributed by atoms with E-state index in [2.05, 4.69) is 23.7 Å². The number of hydrogen-bond donors (Lipinski definition) is 0. The van der Waals surface area contributed by atoms with Crippen LogP contribution in [0.15, 0.2) is 42.5 Å². The van der Waals surface area contributed by atoms with Crippen molar-refractivity contribution >= 4 is 45.0 Å². The Bertz CT molecular complexity index is 1040. The first-order chi connectivity index (χ1) is 14.6. The molecule has 166 valence electrons. The summed E-state index contributed by atoms with van der Waals surface area (Å²) in [5.74, 6) is 0.535. The monoisotopic (exact) mass is 465 g/mol. The molecular weight excluding hydrogens is 441 g/mol. The fourth-order valence-electron chi connectivity index (χ4n) is 3.42. The van der Waals surface area contributed by atoms with Crippen LogP contribution in [0.5, 0.6) is 11.5 Å². The lowest BCUT2D eigenvalue weighted by atomic mass is 10.2. The highest BCUT2D eigenvalue weighted by Crippen LogP contribution is 2.34. The number of benzene rings is 2. The van der Waals surface area contributed by atoms with E-state index in [-0.39, 0.29) is 30.4 Å². The van der Waals surface area contributed by atoms with E-state index in [1.54, 1.807) is 17.0 Å². The number of nitrogens with zero attached hydrogens (tertiary/aromatic N) is 3. The standard InChI is InChI=1S/C22H24FN3O3S.ClH/c1-3-25(4-2)12-13-26(22-24-20-15(23)8-7-11-19(20)30-22)21(27)18-14-28-16-9-5-6-10-17(16)29-18;/h5-11,18H,3-4,12-14H2,1-2H3;1H. The molecule has 1 unspecified atom stereocenters. The van der Waals surface area contributed by atoms with Gasteiger partial charge in [-0.05, 0) is 37.4 Å². The molecule has 9 heteroatoms. The summed E-state index contributed by atoms with van der Waals surface area (Å²) in [5.41, 5.74) is 0.282. The first kappa shape index (κ1) is 23.2. The molecule has 1 amide bonds. The van der Waals surface area contributed by atoms with Crippen molar-refractivity contribution in [3.63, 3.8) is 0 Å². The van der Waals surface area contributed by atoms with Gasteiger partial charge in [-0.1, -0.05) is 43.4 Å². The zero-order chi connectivity index (χ0) is 21.1. The molecule has 0 aliphatic carbocycles. The summed E-state index contributed by atoms with van der Waals surface area (Å²) >= 11 is 1.30. The molecule has 4 rings (SSSR count). The maximum Gasteiger partial charge on any atom is 0.273 e. The lowest BCUT2D eigenvalue weighted by molar-refractivity contribution is -0.127. The van der Waals surface area contributed by atoms with Crippen LogP contribution >= 0.6 is 23.7 Å². The molecule has 0 fully saturated rings. The topological polar surface area (TPSA) is 54.9 Å². The summed E-state index contributed by atoms with van der Waals surface area (Å²) in [5, 5.41) is 0.467. The Hall–Kier alpha value is -2.42. The van der Waals surface area contributed by atoms with E-state index in [0.29, 0.717) is 34.4 Å². The van der Waals surface area contributed by atoms with Gasteiger partial charge in [0.05, 0.1) is 4.70 Å². The molecule has 2 aromatic carbocycles. The van der Waals surface area contributed by atoms with Gasteiger partial charge in [0.25, 0.3) is 5.91 Å². The third-order valence-corrected chi connectivity index (χ3v) is 6.22. The van der Waals surface area contributed by atoms with Crippen molar-refractivity contribution in [3.8, 4) is 11.5 Å². The van der Waals surface area contributed by atoms with Gasteiger partial charge in [-0.25, -0.2) is 9.37 Å². The van der Waals surface area contributed by atoms with Crippen LogP contribution in [-0.2, 0) is 4.79 Å². The number of carbonyl (C=O) groups excluding carboxylic acids is 1. The number of hydrogen-bond acceptors (Lipinski definition) is 6. The van der Waals surface area contributed by atoms with Gasteiger partial charge in [-0.15, -0.1) is 12.4 Å². The Morgan fingerprint density at radius 1 is 1.13 bits per heavy atom. The number of thiazole rings is 1. The third-order valence-electron chi connectivity index (χ3n) is 5.17. The minimum Gasteiger partial charge on any atom is -0.485 e. The number of aromatic nitrogens is 1. The summed E-state index contributed by atoms with van der Waals surface area (Å²) in [6.45, 7) is 7.16. The molecular formula is C22H25ClFN3O3S. The number of carbonyl (C=O) groups is 1. The van der Waals surface area contributed by atoms with Crippen molar-refractivity contribution in [2.45, 2.75) is 20.0 Å². The van der Waals surface area contributed by atoms with Crippen LogP contribution in [0, 0.1) is 5.82 Å². The molecule has 31 heavy (non-hydrogen) atoms. The minimum atomic E-state index is -0.784. The highest BCUT2D eigenvalue weighted by Gasteiger charge is 2.33. The lowest BCUT2D eigenvalue weighted by Crippen LogP contribution is -2.48. The van der Waals surface area contributed by atoms with Gasteiger partial charge in [-0.2, -0.15) is 0 Å². The van der Waals surface area contributed by atoms with Gasteiger partial charge < -0.3 is 14.4 Å². The molecule has 1 aliphatic heterocycles. The van der Waals surface area contributed by atoms with E-state index in [4.69, 9.17) is 9.47 Å². The van der Waals surface area contributed by atoms with Crippen molar-refractivity contribution < 1.29 is 18.7 Å². The second kappa shape index (κ2) is 10.3. The van der Waals surface area contributed by atoms with Crippen LogP contribution in [0.1, 0.15) is 13.8 Å². The third kappa shape index (κ3) is 4.92. The average molecular weight is 466 g/mol. The number of amides is 1. The first-order valence-corrected chi connectivity index (χ1v) is 10.9. The molecule has 0 saturated carbocycles. The lowest BCUT2D eigenvalue weighted by Gasteiger charge is -2.30. The largest absolute Gasteiger partial charge is 0.485 e. The number of likely N-dealkylation sites (N-methyl/N-ethyl adjacent to an activating group) is 1. The number of fused-ring (bicyclic) bond motifs is 2. The van der Waals surface area contributed by atoms with E-state index < -0.39 is 11.9 Å². The molecule has 0 N–H and O–H groups in total. The molecule has 0 radical (unpaired) electrons. The Morgan fingerprint density at radius 3 is 2.58 bits per heavy atom. The molecule has 1 aliphatic rings. The fourth-order valence-corrected chi connectivity index (χ4v) is 4.43. The molecule has 0 bridgehead atoms. The SMILES string of the molecule is CCN(CC)CCN(C(=O)C1COc2ccccc2O1)c1nc2c(F)cccc2s1.Cl. The maximum atomic E-state index is 14.2. The highest BCUT2D eigenvalue weighted by molar-refractivity contribution is 7.22. The molecule has 6 nitrogen and oxygen atoms in total. The summed E-state index contributed by atoms with van der Waals surface area (Å²) in [4.78, 5) is 21.7. The van der Waals surface area contributed by atoms with Crippen LogP contribution in [0.2, 0.25) is 0 Å². The van der Waals surface area contributed by atoms with Crippen LogP contribution in [-0.4, -0.2) is 54.7 Å². The molecule has 0 spiro atoms. The maximum absolute atomic E-state index is 14.2. The normalized spacial score (nSPS) is 15.0. The summed E-state index contributed by atoms with van der Waals surface area (Å²) in [6, 6.07) is 12.1. The summed E-state index contributed by atoms with van der Waals surface area (Å²) in [6.07, 6.45) is -0.784. The van der Waals surface area contributed by atoms with Gasteiger partial charge in [0.1, 0.15) is 17.9 Å². The van der Waals surface area contributed by atoms with E-state index in [1.807, 2.05) is 24.3 Å². The number of halogens is 2. The molecule has 1 atom stereocenters. The predicted octanol–water partition coefficient (Wildman–Crippen LogP) is 4.37. The van der Waals surface area contributed by atoms with Crippen molar-refractivity contribution in [3.05, 3.63) is 48.3 Å². The Morgan fingerprint density at radius 2 is 1.87 bits per heavy atom. The minimum absolute atomic E-state index is 0. The van der Waals surface area contributed by atoms with Gasteiger partial charge in [0.2, 0.25) is 6.10 Å². The second-order valence-corrected chi connectivity index (χ2v) is 7.97. The average Bonchev–Trinajstić information content (AvgIpc) is 3.21. The quantitative estimate of drug-likeness (QED) is 0.518. The summed E-state index contributed by atoms with van der Waals surface area (Å²) in [7, 11) is 0. The van der Waals surface area contributed by atoms with E-state index in [9.17, 15) is 9.18 Å². The number of anilines is 1. The van der Waals surface area contributed by atoms with Crippen LogP contribution in [0.3, 0.4) is 0 Å². The van der Waals surface area contributed by atoms with E-state index in [1.165, 1.54) is 17.4 Å². The smallest absolute Gasteiger partial charge is 0.273 e. The van der Waals surface area contributed by atoms with Crippen molar-refractivity contribution in [1.29, 1.82) is 0 Å². The van der Waals surface area contributed by atoms with Crippen molar-refractivity contribution in [2.75, 3.05) is 37.7 Å². The number of rotatable bonds is 7. The van der Waals surface area contributed by atoms with Crippen LogP contribution < -0.4 is 14.4 Å². The molecule has 3 aromatic rings. The Balaban J connectivity index is 0.00000272. The number of ether oxygens (including phenoxy) is 2.